The molecule has 0 amide bonds. The van der Waals surface area contributed by atoms with Crippen LogP contribution in [0.25, 0.3) is 0 Å². The van der Waals surface area contributed by atoms with E-state index in [2.05, 4.69) is 10.3 Å². The number of nitrogens with one attached hydrogen (secondary N) is 1. The van der Waals surface area contributed by atoms with Gasteiger partial charge < -0.3 is 15.5 Å². The molecule has 0 aromatic carbocycles. The van der Waals surface area contributed by atoms with Crippen molar-refractivity contribution in [2.24, 2.45) is 0 Å². The van der Waals surface area contributed by atoms with E-state index in [1.54, 1.807) is 13.1 Å². The van der Waals surface area contributed by atoms with Crippen LogP contribution in [0.3, 0.4) is 0 Å². The van der Waals surface area contributed by atoms with Gasteiger partial charge in [-0.3, -0.25) is 0 Å². The Morgan fingerprint density at radius 3 is 2.64 bits per heavy atom. The van der Waals surface area contributed by atoms with Crippen LogP contribution in [0.4, 0.5) is 0 Å². The molecule has 0 atom stereocenters. The fourth-order valence-corrected chi connectivity index (χ4v) is 1.72. The Kier molecular flexibility index (Phi) is 4.28. The van der Waals surface area contributed by atoms with Crippen molar-refractivity contribution in [3.63, 3.8) is 0 Å². The second-order valence-corrected chi connectivity index (χ2v) is 5.04. The topological polar surface area (TPSA) is 65.4 Å². The molecule has 0 radical (unpaired) electrons. The Balaban J connectivity index is 2.47. The summed E-state index contributed by atoms with van der Waals surface area (Å²) in [5, 5.41) is 21.9. The number of aromatic nitrogens is 1. The van der Waals surface area contributed by atoms with Gasteiger partial charge in [-0.1, -0.05) is 11.6 Å². The van der Waals surface area contributed by atoms with Gasteiger partial charge in [0.15, 0.2) is 0 Å². The van der Waals surface area contributed by atoms with E-state index in [1.807, 2.05) is 0 Å². The molecule has 80 valence electrons. The van der Waals surface area contributed by atoms with Crippen LogP contribution >= 0.6 is 22.9 Å². The van der Waals surface area contributed by atoms with E-state index >= 15 is 0 Å². The molecule has 6 heteroatoms. The lowest BCUT2D eigenvalue weighted by Gasteiger charge is -2.25. The first kappa shape index (κ1) is 11.9. The third kappa shape index (κ3) is 3.18. The lowest BCUT2D eigenvalue weighted by Crippen LogP contribution is -2.48. The molecule has 0 aliphatic carbocycles. The first-order valence-electron chi connectivity index (χ1n) is 4.16. The van der Waals surface area contributed by atoms with E-state index in [0.29, 0.717) is 10.9 Å². The minimum absolute atomic E-state index is 0.122. The average Bonchev–Trinajstić information content (AvgIpc) is 2.61. The van der Waals surface area contributed by atoms with Gasteiger partial charge in [0.1, 0.15) is 9.34 Å². The third-order valence-corrected chi connectivity index (χ3v) is 3.00. The van der Waals surface area contributed by atoms with Crippen LogP contribution in [0.15, 0.2) is 6.20 Å². The van der Waals surface area contributed by atoms with Gasteiger partial charge >= 0.3 is 0 Å². The molecule has 0 spiro atoms. The average molecular weight is 237 g/mol. The summed E-state index contributed by atoms with van der Waals surface area (Å²) in [6.07, 6.45) is 1.58. The zero-order valence-corrected chi connectivity index (χ0v) is 9.40. The molecule has 0 saturated carbocycles. The van der Waals surface area contributed by atoms with Gasteiger partial charge in [0.25, 0.3) is 0 Å². The maximum Gasteiger partial charge on any atom is 0.113 e. The van der Waals surface area contributed by atoms with Crippen molar-refractivity contribution in [1.29, 1.82) is 0 Å². The van der Waals surface area contributed by atoms with Crippen LogP contribution in [0.1, 0.15) is 11.9 Å². The van der Waals surface area contributed by atoms with Crippen molar-refractivity contribution >= 4 is 22.9 Å². The minimum atomic E-state index is -0.669. The van der Waals surface area contributed by atoms with Crippen molar-refractivity contribution in [1.82, 2.24) is 10.3 Å². The fraction of sp³-hybridized carbons (Fsp3) is 0.625. The molecule has 4 nitrogen and oxygen atoms in total. The van der Waals surface area contributed by atoms with E-state index < -0.39 is 5.54 Å². The zero-order valence-electron chi connectivity index (χ0n) is 7.83. The van der Waals surface area contributed by atoms with Crippen LogP contribution in [-0.2, 0) is 6.54 Å². The molecule has 0 saturated heterocycles. The fourth-order valence-electron chi connectivity index (χ4n) is 0.821. The first-order chi connectivity index (χ1) is 6.59. The highest BCUT2D eigenvalue weighted by Gasteiger charge is 2.21. The molecule has 14 heavy (non-hydrogen) atoms. The van der Waals surface area contributed by atoms with Gasteiger partial charge in [0, 0.05) is 6.54 Å². The number of aliphatic hydroxyl groups is 2. The van der Waals surface area contributed by atoms with Crippen molar-refractivity contribution in [2.75, 3.05) is 13.2 Å². The van der Waals surface area contributed by atoms with Gasteiger partial charge in [-0.05, 0) is 6.92 Å². The van der Waals surface area contributed by atoms with E-state index in [0.717, 1.165) is 5.01 Å². The van der Waals surface area contributed by atoms with Crippen LogP contribution in [-0.4, -0.2) is 33.9 Å². The zero-order chi connectivity index (χ0) is 10.6. The molecule has 0 aliphatic rings. The van der Waals surface area contributed by atoms with E-state index in [9.17, 15) is 0 Å². The Bertz CT molecular complexity index is 289. The van der Waals surface area contributed by atoms with Gasteiger partial charge in [-0.15, -0.1) is 11.3 Å². The minimum Gasteiger partial charge on any atom is -0.394 e. The van der Waals surface area contributed by atoms with Crippen molar-refractivity contribution in [2.45, 2.75) is 19.0 Å². The van der Waals surface area contributed by atoms with E-state index in [-0.39, 0.29) is 13.2 Å². The summed E-state index contributed by atoms with van der Waals surface area (Å²) in [4.78, 5) is 4.05. The number of halogens is 1. The van der Waals surface area contributed by atoms with E-state index in [1.165, 1.54) is 11.3 Å². The van der Waals surface area contributed by atoms with Crippen LogP contribution in [0.2, 0.25) is 4.34 Å². The van der Waals surface area contributed by atoms with Crippen molar-refractivity contribution in [3.05, 3.63) is 15.5 Å². The quantitative estimate of drug-likeness (QED) is 0.702. The molecule has 1 heterocycles. The van der Waals surface area contributed by atoms with Gasteiger partial charge in [-0.25, -0.2) is 4.98 Å². The highest BCUT2D eigenvalue weighted by atomic mass is 35.5. The summed E-state index contributed by atoms with van der Waals surface area (Å²) in [6.45, 7) is 1.99. The summed E-state index contributed by atoms with van der Waals surface area (Å²) >= 11 is 7.09. The summed E-state index contributed by atoms with van der Waals surface area (Å²) in [6, 6.07) is 0. The summed E-state index contributed by atoms with van der Waals surface area (Å²) < 4.78 is 0.636. The Morgan fingerprint density at radius 1 is 1.57 bits per heavy atom. The maximum absolute atomic E-state index is 9.00. The molecule has 0 bridgehead atoms. The second kappa shape index (κ2) is 5.04. The Labute approximate surface area is 91.6 Å². The number of aliphatic hydroxyl groups excluding tert-OH is 2. The van der Waals surface area contributed by atoms with Gasteiger partial charge in [0.05, 0.1) is 24.9 Å². The van der Waals surface area contributed by atoms with Gasteiger partial charge in [0.2, 0.25) is 0 Å². The molecular formula is C8H13ClN2O2S. The predicted octanol–water partition coefficient (Wildman–Crippen LogP) is 0.629. The van der Waals surface area contributed by atoms with Gasteiger partial charge in [-0.2, -0.15) is 0 Å². The molecule has 1 aromatic rings. The number of hydrogen-bond acceptors (Lipinski definition) is 5. The molecule has 0 aliphatic heterocycles. The Morgan fingerprint density at radius 2 is 2.21 bits per heavy atom. The number of hydrogen-bond donors (Lipinski definition) is 3. The third-order valence-electron chi connectivity index (χ3n) is 1.89. The largest absolute Gasteiger partial charge is 0.394 e. The molecular weight excluding hydrogens is 224 g/mol. The van der Waals surface area contributed by atoms with Crippen molar-refractivity contribution in [3.8, 4) is 0 Å². The smallest absolute Gasteiger partial charge is 0.113 e. The highest BCUT2D eigenvalue weighted by molar-refractivity contribution is 7.15. The van der Waals surface area contributed by atoms with Crippen LogP contribution in [0.5, 0.6) is 0 Å². The maximum atomic E-state index is 9.00. The predicted molar refractivity (Wildman–Crippen MR) is 56.5 cm³/mol. The van der Waals surface area contributed by atoms with Crippen LogP contribution in [0, 0.1) is 0 Å². The lowest BCUT2D eigenvalue weighted by molar-refractivity contribution is 0.103. The number of nitrogens with zero attached hydrogens (tertiary/aromatic N) is 1. The number of rotatable bonds is 5. The molecule has 3 N–H and O–H groups in total. The summed E-state index contributed by atoms with van der Waals surface area (Å²) in [5.41, 5.74) is -0.669. The summed E-state index contributed by atoms with van der Waals surface area (Å²) in [5.74, 6) is 0. The SMILES string of the molecule is CC(CO)(CO)NCc1ncc(Cl)s1. The molecule has 0 unspecified atom stereocenters. The molecule has 1 aromatic heterocycles. The van der Waals surface area contributed by atoms with Crippen LogP contribution < -0.4 is 5.32 Å². The lowest BCUT2D eigenvalue weighted by atomic mass is 10.1. The highest BCUT2D eigenvalue weighted by Crippen LogP contribution is 2.18. The standard InChI is InChI=1S/C8H13ClN2O2S/c1-8(4-12,5-13)11-3-7-10-2-6(9)14-7/h2,11-13H,3-5H2,1H3. The molecule has 1 rings (SSSR count). The molecule has 0 fully saturated rings. The monoisotopic (exact) mass is 236 g/mol. The number of thiazole rings is 1. The van der Waals surface area contributed by atoms with Crippen molar-refractivity contribution < 1.29 is 10.2 Å². The first-order valence-corrected chi connectivity index (χ1v) is 5.36. The van der Waals surface area contributed by atoms with E-state index in [4.69, 9.17) is 21.8 Å². The Hall–Kier alpha value is -0.200. The summed E-state index contributed by atoms with van der Waals surface area (Å²) in [7, 11) is 0. The normalized spacial score (nSPS) is 12.0. The second-order valence-electron chi connectivity index (χ2n) is 3.29.